The van der Waals surface area contributed by atoms with Crippen LogP contribution in [0.2, 0.25) is 0 Å². The van der Waals surface area contributed by atoms with Crippen LogP contribution in [0.25, 0.3) is 11.6 Å². The SMILES string of the molecule is CN(C)C[C@H]1[C@H]2CN(Cc3nc(-c4ccco4)no3)C[C@]23CC[C@H]1O3. The summed E-state index contributed by atoms with van der Waals surface area (Å²) < 4.78 is 17.2. The third kappa shape index (κ3) is 2.53. The van der Waals surface area contributed by atoms with Crippen LogP contribution in [0, 0.1) is 11.8 Å². The fraction of sp³-hybridized carbons (Fsp3) is 0.667. The Morgan fingerprint density at radius 3 is 3.12 bits per heavy atom. The van der Waals surface area contributed by atoms with Crippen LogP contribution in [-0.4, -0.2) is 65.4 Å². The molecular weight excluding hydrogens is 320 g/mol. The van der Waals surface area contributed by atoms with Crippen LogP contribution in [-0.2, 0) is 11.3 Å². The molecule has 0 aromatic carbocycles. The molecule has 0 N–H and O–H groups in total. The van der Waals surface area contributed by atoms with Crippen molar-refractivity contribution < 1.29 is 13.7 Å². The zero-order chi connectivity index (χ0) is 17.0. The number of nitrogens with zero attached hydrogens (tertiary/aromatic N) is 4. The average Bonchev–Trinajstić information content (AvgIpc) is 3.34. The van der Waals surface area contributed by atoms with E-state index in [9.17, 15) is 0 Å². The molecule has 7 heteroatoms. The second-order valence-electron chi connectivity index (χ2n) is 7.95. The first kappa shape index (κ1) is 15.5. The zero-order valence-corrected chi connectivity index (χ0v) is 14.7. The number of fused-ring (bicyclic) bond motifs is 1. The van der Waals surface area contributed by atoms with E-state index in [4.69, 9.17) is 13.7 Å². The maximum atomic E-state index is 6.48. The van der Waals surface area contributed by atoms with E-state index in [1.165, 1.54) is 12.8 Å². The highest BCUT2D eigenvalue weighted by molar-refractivity contribution is 5.44. The van der Waals surface area contributed by atoms with Crippen molar-refractivity contribution in [3.05, 3.63) is 24.3 Å². The van der Waals surface area contributed by atoms with Crippen LogP contribution >= 0.6 is 0 Å². The monoisotopic (exact) mass is 344 g/mol. The molecule has 0 amide bonds. The van der Waals surface area contributed by atoms with E-state index < -0.39 is 0 Å². The zero-order valence-electron chi connectivity index (χ0n) is 14.7. The minimum atomic E-state index is 0.0508. The number of aromatic nitrogens is 2. The Morgan fingerprint density at radius 1 is 1.40 bits per heavy atom. The lowest BCUT2D eigenvalue weighted by atomic mass is 9.73. The van der Waals surface area contributed by atoms with E-state index >= 15 is 0 Å². The summed E-state index contributed by atoms with van der Waals surface area (Å²) >= 11 is 0. The first-order valence-electron chi connectivity index (χ1n) is 9.04. The molecule has 25 heavy (non-hydrogen) atoms. The first-order chi connectivity index (χ1) is 12.1. The predicted molar refractivity (Wildman–Crippen MR) is 89.6 cm³/mol. The minimum absolute atomic E-state index is 0.0508. The summed E-state index contributed by atoms with van der Waals surface area (Å²) in [7, 11) is 4.31. The molecule has 0 unspecified atom stereocenters. The van der Waals surface area contributed by atoms with E-state index in [2.05, 4.69) is 34.0 Å². The maximum Gasteiger partial charge on any atom is 0.241 e. The van der Waals surface area contributed by atoms with E-state index in [1.807, 2.05) is 12.1 Å². The fourth-order valence-corrected chi connectivity index (χ4v) is 5.09. The Kier molecular flexibility index (Phi) is 3.52. The molecule has 0 radical (unpaired) electrons. The Bertz CT molecular complexity index is 743. The van der Waals surface area contributed by atoms with Gasteiger partial charge in [-0.05, 0) is 39.1 Å². The van der Waals surface area contributed by atoms with Crippen LogP contribution in [0.5, 0.6) is 0 Å². The lowest BCUT2D eigenvalue weighted by Gasteiger charge is -2.31. The summed E-state index contributed by atoms with van der Waals surface area (Å²) in [6.45, 7) is 3.80. The van der Waals surface area contributed by atoms with Gasteiger partial charge in [-0.15, -0.1) is 0 Å². The van der Waals surface area contributed by atoms with Crippen molar-refractivity contribution >= 4 is 0 Å². The molecule has 0 aliphatic carbocycles. The Balaban J connectivity index is 1.30. The van der Waals surface area contributed by atoms with Gasteiger partial charge in [0.2, 0.25) is 11.7 Å². The van der Waals surface area contributed by atoms with Gasteiger partial charge in [0, 0.05) is 31.5 Å². The summed E-state index contributed by atoms with van der Waals surface area (Å²) in [5.41, 5.74) is 0.0508. The summed E-state index contributed by atoms with van der Waals surface area (Å²) in [5.74, 6) is 3.04. The maximum absolute atomic E-state index is 6.48. The summed E-state index contributed by atoms with van der Waals surface area (Å²) in [5, 5.41) is 4.03. The van der Waals surface area contributed by atoms with Crippen LogP contribution < -0.4 is 0 Å². The van der Waals surface area contributed by atoms with Crippen molar-refractivity contribution in [2.45, 2.75) is 31.1 Å². The molecule has 0 saturated carbocycles. The molecule has 2 bridgehead atoms. The average molecular weight is 344 g/mol. The molecule has 1 spiro atoms. The van der Waals surface area contributed by atoms with Gasteiger partial charge in [-0.2, -0.15) is 4.98 Å². The van der Waals surface area contributed by atoms with Crippen LogP contribution in [0.15, 0.2) is 27.3 Å². The summed E-state index contributed by atoms with van der Waals surface area (Å²) in [6, 6.07) is 3.66. The fourth-order valence-electron chi connectivity index (χ4n) is 5.09. The van der Waals surface area contributed by atoms with Crippen molar-refractivity contribution in [2.24, 2.45) is 11.8 Å². The standard InChI is InChI=1S/C18H24N4O3/c1-21(2)8-12-13-9-22(11-18(13)6-5-14(12)24-18)10-16-19-17(20-25-16)15-4-3-7-23-15/h3-4,7,12-14H,5-6,8-11H2,1-2H3/t12-,13+,14+,18+/m0/s1. The highest BCUT2D eigenvalue weighted by Gasteiger charge is 2.62. The molecular formula is C18H24N4O3. The number of ether oxygens (including phenoxy) is 1. The van der Waals surface area contributed by atoms with Gasteiger partial charge < -0.3 is 18.6 Å². The third-order valence-corrected chi connectivity index (χ3v) is 6.00. The lowest BCUT2D eigenvalue weighted by molar-refractivity contribution is 0.000744. The van der Waals surface area contributed by atoms with Gasteiger partial charge in [0.1, 0.15) is 0 Å². The number of hydrogen-bond donors (Lipinski definition) is 0. The normalized spacial score (nSPS) is 34.3. The molecule has 7 nitrogen and oxygen atoms in total. The van der Waals surface area contributed by atoms with Crippen LogP contribution in [0.3, 0.4) is 0 Å². The van der Waals surface area contributed by atoms with Gasteiger partial charge in [0.25, 0.3) is 0 Å². The van der Waals surface area contributed by atoms with E-state index in [0.29, 0.717) is 42.0 Å². The molecule has 134 valence electrons. The number of rotatable bonds is 5. The van der Waals surface area contributed by atoms with Gasteiger partial charge in [-0.25, -0.2) is 0 Å². The predicted octanol–water partition coefficient (Wildman–Crippen LogP) is 1.87. The van der Waals surface area contributed by atoms with Gasteiger partial charge >= 0.3 is 0 Å². The molecule has 5 rings (SSSR count). The van der Waals surface area contributed by atoms with Gasteiger partial charge in [0.05, 0.1) is 24.5 Å². The van der Waals surface area contributed by atoms with Gasteiger partial charge in [-0.1, -0.05) is 5.16 Å². The number of hydrogen-bond acceptors (Lipinski definition) is 7. The highest BCUT2D eigenvalue weighted by atomic mass is 16.5. The van der Waals surface area contributed by atoms with Crippen molar-refractivity contribution in [3.63, 3.8) is 0 Å². The van der Waals surface area contributed by atoms with Crippen molar-refractivity contribution in [1.82, 2.24) is 19.9 Å². The number of furan rings is 1. The van der Waals surface area contributed by atoms with Gasteiger partial charge in [-0.3, -0.25) is 4.90 Å². The lowest BCUT2D eigenvalue weighted by Crippen LogP contribution is -2.40. The van der Waals surface area contributed by atoms with Crippen LogP contribution in [0.1, 0.15) is 18.7 Å². The third-order valence-electron chi connectivity index (χ3n) is 6.00. The molecule has 5 heterocycles. The molecule has 4 atom stereocenters. The second kappa shape index (κ2) is 5.65. The van der Waals surface area contributed by atoms with E-state index in [0.717, 1.165) is 19.6 Å². The summed E-state index contributed by atoms with van der Waals surface area (Å²) in [4.78, 5) is 9.18. The molecule has 3 aliphatic heterocycles. The van der Waals surface area contributed by atoms with Crippen LogP contribution in [0.4, 0.5) is 0 Å². The van der Waals surface area contributed by atoms with Gasteiger partial charge in [0.15, 0.2) is 5.76 Å². The topological polar surface area (TPSA) is 67.8 Å². The Labute approximate surface area is 146 Å². The molecule has 3 aliphatic rings. The minimum Gasteiger partial charge on any atom is -0.461 e. The molecule has 3 saturated heterocycles. The summed E-state index contributed by atoms with van der Waals surface area (Å²) in [6.07, 6.45) is 4.45. The number of likely N-dealkylation sites (tertiary alicyclic amines) is 1. The smallest absolute Gasteiger partial charge is 0.241 e. The first-order valence-corrected chi connectivity index (χ1v) is 9.04. The van der Waals surface area contributed by atoms with Crippen molar-refractivity contribution in [3.8, 4) is 11.6 Å². The quantitative estimate of drug-likeness (QED) is 0.820. The Hall–Kier alpha value is -1.70. The highest BCUT2D eigenvalue weighted by Crippen LogP contribution is 2.55. The van der Waals surface area contributed by atoms with E-state index in [-0.39, 0.29) is 5.60 Å². The second-order valence-corrected chi connectivity index (χ2v) is 7.95. The van der Waals surface area contributed by atoms with Crippen molar-refractivity contribution in [1.29, 1.82) is 0 Å². The molecule has 2 aromatic rings. The van der Waals surface area contributed by atoms with Crippen molar-refractivity contribution in [2.75, 3.05) is 33.7 Å². The largest absolute Gasteiger partial charge is 0.461 e. The molecule has 3 fully saturated rings. The van der Waals surface area contributed by atoms with E-state index in [1.54, 1.807) is 6.26 Å². The Morgan fingerprint density at radius 2 is 2.32 bits per heavy atom. The molecule has 2 aromatic heterocycles.